The molecule has 2 aliphatic heterocycles. The molecule has 0 aliphatic carbocycles. The number of carbonyl (C=O) groups is 1. The van der Waals surface area contributed by atoms with E-state index in [4.69, 9.17) is 4.74 Å². The van der Waals surface area contributed by atoms with Crippen LogP contribution < -0.4 is 0 Å². The van der Waals surface area contributed by atoms with E-state index in [-0.39, 0.29) is 18.7 Å². The highest BCUT2D eigenvalue weighted by Crippen LogP contribution is 2.49. The number of carbonyl (C=O) groups excluding carboxylic acids is 1. The molecular weight excluding hydrogens is 218 g/mol. The lowest BCUT2D eigenvalue weighted by molar-refractivity contribution is 0.00382. The number of amides is 1. The SMILES string of the molecule is C=C1CC2CCC1(CO)N2C(=O)OC(C)(C)C. The molecule has 1 N–H and O–H groups in total. The summed E-state index contributed by atoms with van der Waals surface area (Å²) in [6.45, 7) is 9.50. The summed E-state index contributed by atoms with van der Waals surface area (Å²) in [5.41, 5.74) is -0.105. The Morgan fingerprint density at radius 1 is 1.65 bits per heavy atom. The summed E-state index contributed by atoms with van der Waals surface area (Å²) < 4.78 is 5.41. The van der Waals surface area contributed by atoms with Crippen molar-refractivity contribution < 1.29 is 14.6 Å². The van der Waals surface area contributed by atoms with Crippen LogP contribution in [0, 0.1) is 0 Å². The van der Waals surface area contributed by atoms with E-state index in [1.807, 2.05) is 20.8 Å². The van der Waals surface area contributed by atoms with Crippen LogP contribution in [-0.2, 0) is 4.74 Å². The topological polar surface area (TPSA) is 49.8 Å². The van der Waals surface area contributed by atoms with Gasteiger partial charge < -0.3 is 9.84 Å². The van der Waals surface area contributed by atoms with Crippen LogP contribution in [0.1, 0.15) is 40.0 Å². The summed E-state index contributed by atoms with van der Waals surface area (Å²) in [5, 5.41) is 9.62. The van der Waals surface area contributed by atoms with Crippen LogP contribution in [0.25, 0.3) is 0 Å². The predicted octanol–water partition coefficient (Wildman–Crippen LogP) is 2.08. The average molecular weight is 239 g/mol. The molecule has 0 aromatic heterocycles. The number of fused-ring (bicyclic) bond motifs is 2. The molecule has 2 unspecified atom stereocenters. The molecule has 17 heavy (non-hydrogen) atoms. The Kier molecular flexibility index (Phi) is 2.73. The Morgan fingerprint density at radius 2 is 2.29 bits per heavy atom. The Bertz CT molecular complexity index is 358. The Labute approximate surface area is 102 Å². The van der Waals surface area contributed by atoms with Gasteiger partial charge in [-0.05, 0) is 45.6 Å². The molecule has 0 aromatic carbocycles. The number of aliphatic hydroxyl groups is 1. The van der Waals surface area contributed by atoms with Crippen molar-refractivity contribution in [1.82, 2.24) is 4.90 Å². The summed E-state index contributed by atoms with van der Waals surface area (Å²) in [6, 6.07) is 0.157. The largest absolute Gasteiger partial charge is 0.444 e. The lowest BCUT2D eigenvalue weighted by Crippen LogP contribution is -2.50. The number of aliphatic hydroxyl groups excluding tert-OH is 1. The fourth-order valence-corrected chi connectivity index (χ4v) is 2.92. The van der Waals surface area contributed by atoms with Crippen LogP contribution >= 0.6 is 0 Å². The van der Waals surface area contributed by atoms with Gasteiger partial charge in [-0.25, -0.2) is 4.79 Å². The van der Waals surface area contributed by atoms with Crippen molar-refractivity contribution in [2.24, 2.45) is 0 Å². The van der Waals surface area contributed by atoms with E-state index in [0.29, 0.717) is 0 Å². The normalized spacial score (nSPS) is 32.1. The monoisotopic (exact) mass is 239 g/mol. The van der Waals surface area contributed by atoms with Gasteiger partial charge in [0.2, 0.25) is 0 Å². The molecule has 2 bridgehead atoms. The van der Waals surface area contributed by atoms with Crippen LogP contribution in [0.5, 0.6) is 0 Å². The van der Waals surface area contributed by atoms with Crippen molar-refractivity contribution in [1.29, 1.82) is 0 Å². The molecule has 2 aliphatic rings. The van der Waals surface area contributed by atoms with Crippen LogP contribution in [0.15, 0.2) is 12.2 Å². The molecule has 2 heterocycles. The summed E-state index contributed by atoms with van der Waals surface area (Å²) in [6.07, 6.45) is 2.19. The van der Waals surface area contributed by atoms with E-state index in [1.54, 1.807) is 4.90 Å². The number of hydrogen-bond acceptors (Lipinski definition) is 3. The molecule has 96 valence electrons. The number of nitrogens with zero attached hydrogens (tertiary/aromatic N) is 1. The third-order valence-electron chi connectivity index (χ3n) is 3.71. The second kappa shape index (κ2) is 3.73. The molecule has 4 nitrogen and oxygen atoms in total. The maximum atomic E-state index is 12.2. The van der Waals surface area contributed by atoms with Crippen molar-refractivity contribution in [3.63, 3.8) is 0 Å². The molecule has 0 aromatic rings. The molecular formula is C13H21NO3. The highest BCUT2D eigenvalue weighted by atomic mass is 16.6. The molecule has 0 radical (unpaired) electrons. The Hall–Kier alpha value is -1.03. The van der Waals surface area contributed by atoms with Gasteiger partial charge in [-0.2, -0.15) is 0 Å². The smallest absolute Gasteiger partial charge is 0.411 e. The van der Waals surface area contributed by atoms with Crippen molar-refractivity contribution in [2.45, 2.75) is 57.2 Å². The minimum absolute atomic E-state index is 0.0540. The van der Waals surface area contributed by atoms with E-state index >= 15 is 0 Å². The minimum atomic E-state index is -0.562. The predicted molar refractivity (Wildman–Crippen MR) is 64.7 cm³/mol. The third kappa shape index (κ3) is 1.84. The van der Waals surface area contributed by atoms with Crippen molar-refractivity contribution in [2.75, 3.05) is 6.61 Å². The van der Waals surface area contributed by atoms with Crippen LogP contribution in [0.3, 0.4) is 0 Å². The second-order valence-corrected chi connectivity index (χ2v) is 6.04. The zero-order valence-corrected chi connectivity index (χ0v) is 10.8. The van der Waals surface area contributed by atoms with Gasteiger partial charge in [0.25, 0.3) is 0 Å². The van der Waals surface area contributed by atoms with E-state index in [9.17, 15) is 9.90 Å². The fourth-order valence-electron chi connectivity index (χ4n) is 2.92. The fraction of sp³-hybridized carbons (Fsp3) is 0.769. The van der Waals surface area contributed by atoms with Crippen molar-refractivity contribution in [3.05, 3.63) is 12.2 Å². The van der Waals surface area contributed by atoms with Gasteiger partial charge in [0, 0.05) is 6.04 Å². The van der Waals surface area contributed by atoms with Gasteiger partial charge in [-0.3, -0.25) is 4.90 Å². The average Bonchev–Trinajstić information content (AvgIpc) is 2.67. The molecule has 0 spiro atoms. The molecule has 2 saturated heterocycles. The van der Waals surface area contributed by atoms with E-state index in [0.717, 1.165) is 24.8 Å². The zero-order valence-electron chi connectivity index (χ0n) is 10.8. The summed E-state index contributed by atoms with van der Waals surface area (Å²) >= 11 is 0. The highest BCUT2D eigenvalue weighted by Gasteiger charge is 2.57. The van der Waals surface area contributed by atoms with E-state index in [2.05, 4.69) is 6.58 Å². The van der Waals surface area contributed by atoms with Gasteiger partial charge in [-0.15, -0.1) is 0 Å². The molecule has 0 saturated carbocycles. The third-order valence-corrected chi connectivity index (χ3v) is 3.71. The lowest BCUT2D eigenvalue weighted by atomic mass is 9.84. The van der Waals surface area contributed by atoms with Crippen molar-refractivity contribution in [3.8, 4) is 0 Å². The van der Waals surface area contributed by atoms with Crippen LogP contribution in [0.2, 0.25) is 0 Å². The van der Waals surface area contributed by atoms with Gasteiger partial charge in [0.15, 0.2) is 0 Å². The first-order valence-corrected chi connectivity index (χ1v) is 6.11. The summed E-state index contributed by atoms with van der Waals surface area (Å²) in [4.78, 5) is 13.9. The Morgan fingerprint density at radius 3 is 2.76 bits per heavy atom. The van der Waals surface area contributed by atoms with Gasteiger partial charge in [0.1, 0.15) is 5.60 Å². The van der Waals surface area contributed by atoms with Crippen LogP contribution in [0.4, 0.5) is 4.79 Å². The van der Waals surface area contributed by atoms with E-state index < -0.39 is 11.1 Å². The molecule has 4 heteroatoms. The zero-order chi connectivity index (χ0) is 12.8. The van der Waals surface area contributed by atoms with E-state index in [1.165, 1.54) is 0 Å². The van der Waals surface area contributed by atoms with Crippen molar-refractivity contribution >= 4 is 6.09 Å². The molecule has 2 fully saturated rings. The first kappa shape index (κ1) is 12.4. The molecule has 2 rings (SSSR count). The summed E-state index contributed by atoms with van der Waals surface area (Å²) in [7, 11) is 0. The minimum Gasteiger partial charge on any atom is -0.444 e. The number of rotatable bonds is 1. The number of hydrogen-bond donors (Lipinski definition) is 1. The maximum Gasteiger partial charge on any atom is 0.411 e. The summed E-state index contributed by atoms with van der Waals surface area (Å²) in [5.74, 6) is 0. The number of ether oxygens (including phenoxy) is 1. The quantitative estimate of drug-likeness (QED) is 0.713. The maximum absolute atomic E-state index is 12.2. The lowest BCUT2D eigenvalue weighted by Gasteiger charge is -2.35. The second-order valence-electron chi connectivity index (χ2n) is 6.04. The van der Waals surface area contributed by atoms with Crippen LogP contribution in [-0.4, -0.2) is 39.9 Å². The Balaban J connectivity index is 2.22. The molecule has 2 atom stereocenters. The van der Waals surface area contributed by atoms with Gasteiger partial charge in [-0.1, -0.05) is 6.58 Å². The van der Waals surface area contributed by atoms with Gasteiger partial charge in [0.05, 0.1) is 12.1 Å². The van der Waals surface area contributed by atoms with Gasteiger partial charge >= 0.3 is 6.09 Å². The first-order chi connectivity index (χ1) is 7.80. The highest BCUT2D eigenvalue weighted by molar-refractivity contribution is 5.72. The molecule has 1 amide bonds. The first-order valence-electron chi connectivity index (χ1n) is 6.11. The standard InChI is InChI=1S/C13H21NO3/c1-9-7-10-5-6-13(9,8-15)14(10)11(16)17-12(2,3)4/h10,15H,1,5-8H2,2-4H3.